The third kappa shape index (κ3) is 13.2. The number of allylic oxidation sites excluding steroid dienone is 4. The van der Waals surface area contributed by atoms with Crippen LogP contribution in [0.5, 0.6) is 0 Å². The lowest BCUT2D eigenvalue weighted by Gasteiger charge is -2.01. The van der Waals surface area contributed by atoms with Crippen LogP contribution in [0.1, 0.15) is 84.0 Å². The number of nitrogens with zero attached hydrogens (tertiary/aromatic N) is 1. The molecule has 0 unspecified atom stereocenters. The van der Waals surface area contributed by atoms with Crippen LogP contribution in [0, 0.1) is 10.1 Å². The molecule has 0 aromatic rings. The molecule has 148 valence electrons. The van der Waals surface area contributed by atoms with Gasteiger partial charge in [-0.1, -0.05) is 89.4 Å². The van der Waals surface area contributed by atoms with Crippen LogP contribution in [0.3, 0.4) is 0 Å². The largest absolute Gasteiger partial charge is 0.497 e. The number of unbranched alkanes of at least 4 members (excludes halogenated alkanes) is 11. The molecule has 0 spiro atoms. The fourth-order valence-electron chi connectivity index (χ4n) is 2.58. The molecule has 0 amide bonds. The zero-order chi connectivity index (χ0) is 19.6. The summed E-state index contributed by atoms with van der Waals surface area (Å²) in [6.07, 6.45) is 20.9. The lowest BCUT2D eigenvalue weighted by atomic mass is 10.1. The van der Waals surface area contributed by atoms with Gasteiger partial charge < -0.3 is 10.2 Å². The van der Waals surface area contributed by atoms with E-state index in [0.717, 1.165) is 18.9 Å². The number of carboxylic acids is 1. The van der Waals surface area contributed by atoms with Gasteiger partial charge in [0.1, 0.15) is 0 Å². The summed E-state index contributed by atoms with van der Waals surface area (Å²) in [5.74, 6) is -2.98. The maximum absolute atomic E-state index is 10.7. The van der Waals surface area contributed by atoms with Gasteiger partial charge in [-0.05, 0) is 12.8 Å². The Morgan fingerprint density at radius 3 is 1.85 bits per heavy atom. The summed E-state index contributed by atoms with van der Waals surface area (Å²) in [7, 11) is 0. The Labute approximate surface area is 156 Å². The van der Waals surface area contributed by atoms with Crippen molar-refractivity contribution in [1.82, 2.24) is 0 Å². The van der Waals surface area contributed by atoms with Crippen molar-refractivity contribution in [3.8, 4) is 0 Å². The van der Waals surface area contributed by atoms with Crippen molar-refractivity contribution in [3.05, 3.63) is 45.9 Å². The minimum absolute atomic E-state index is 0.822. The molecule has 0 bridgehead atoms. The van der Waals surface area contributed by atoms with Crippen LogP contribution in [-0.4, -0.2) is 21.1 Å². The first-order valence-corrected chi connectivity index (χ1v) is 9.64. The number of aliphatic carboxylic acids is 1. The van der Waals surface area contributed by atoms with Crippen LogP contribution in [0.15, 0.2) is 35.8 Å². The Hall–Kier alpha value is -2.11. The average Bonchev–Trinajstić information content (AvgIpc) is 2.60. The van der Waals surface area contributed by atoms with E-state index >= 15 is 0 Å². The van der Waals surface area contributed by atoms with Crippen LogP contribution in [0.4, 0.5) is 0 Å². The van der Waals surface area contributed by atoms with Crippen molar-refractivity contribution in [2.75, 3.05) is 0 Å². The van der Waals surface area contributed by atoms with Gasteiger partial charge in [-0.3, -0.25) is 10.1 Å². The summed E-state index contributed by atoms with van der Waals surface area (Å²) in [4.78, 5) is 20.3. The van der Waals surface area contributed by atoms with Crippen molar-refractivity contribution >= 4 is 5.97 Å². The second kappa shape index (κ2) is 16.4. The zero-order valence-corrected chi connectivity index (χ0v) is 15.9. The van der Waals surface area contributed by atoms with Crippen molar-refractivity contribution in [2.24, 2.45) is 0 Å². The lowest BCUT2D eigenvalue weighted by Crippen LogP contribution is -2.08. The van der Waals surface area contributed by atoms with Crippen molar-refractivity contribution in [1.29, 1.82) is 0 Å². The number of carboxylic acid groups (broad SMARTS) is 1. The van der Waals surface area contributed by atoms with E-state index in [4.69, 9.17) is 10.2 Å². The maximum Gasteiger partial charge on any atom is 0.378 e. The number of hydrogen-bond acceptors (Lipinski definition) is 4. The first kappa shape index (κ1) is 23.9. The van der Waals surface area contributed by atoms with E-state index in [9.17, 15) is 14.9 Å². The quantitative estimate of drug-likeness (QED) is 0.0879. The predicted octanol–water partition coefficient (Wildman–Crippen LogP) is 5.93. The van der Waals surface area contributed by atoms with Crippen molar-refractivity contribution in [3.63, 3.8) is 0 Å². The molecule has 0 aliphatic heterocycles. The van der Waals surface area contributed by atoms with E-state index in [-0.39, 0.29) is 0 Å². The normalized spacial score (nSPS) is 12.7. The first-order valence-electron chi connectivity index (χ1n) is 9.64. The van der Waals surface area contributed by atoms with Crippen LogP contribution >= 0.6 is 0 Å². The van der Waals surface area contributed by atoms with Gasteiger partial charge in [-0.15, -0.1) is 0 Å². The molecular formula is C20H33NO5. The molecule has 0 aromatic heterocycles. The lowest BCUT2D eigenvalue weighted by molar-refractivity contribution is -0.421. The second-order valence-corrected chi connectivity index (χ2v) is 6.41. The van der Waals surface area contributed by atoms with Gasteiger partial charge in [-0.2, -0.15) is 0 Å². The Morgan fingerprint density at radius 2 is 1.38 bits per heavy atom. The molecule has 0 radical (unpaired) electrons. The summed E-state index contributed by atoms with van der Waals surface area (Å²) in [6, 6.07) is 0. The number of rotatable bonds is 16. The molecule has 0 aliphatic rings. The molecule has 0 atom stereocenters. The molecule has 0 aliphatic carbocycles. The molecule has 0 saturated heterocycles. The van der Waals surface area contributed by atoms with E-state index in [1.165, 1.54) is 70.3 Å². The molecule has 26 heavy (non-hydrogen) atoms. The molecule has 6 nitrogen and oxygen atoms in total. The topological polar surface area (TPSA) is 101 Å². The highest BCUT2D eigenvalue weighted by molar-refractivity contribution is 5.84. The van der Waals surface area contributed by atoms with Gasteiger partial charge in [0.2, 0.25) is 0 Å². The molecule has 0 heterocycles. The Bertz CT molecular complexity index is 494. The standard InChI is InChI=1S/C20H33NO5/c1-2-3-4-5-6-7-8-9-10-11-12-13-14-15-16-17-18(21(25)26)19(22)20(23)24/h14-17,22H,2-13H2,1H3,(H,23,24)/b15-14+,17-16+,19-18+. The molecule has 0 saturated carbocycles. The first-order chi connectivity index (χ1) is 12.5. The summed E-state index contributed by atoms with van der Waals surface area (Å²) in [5.41, 5.74) is -0.822. The number of aliphatic hydroxyl groups is 1. The molecular weight excluding hydrogens is 334 g/mol. The number of nitro groups is 1. The maximum atomic E-state index is 10.7. The molecule has 0 fully saturated rings. The highest BCUT2D eigenvalue weighted by Crippen LogP contribution is 2.12. The average molecular weight is 367 g/mol. The SMILES string of the molecule is CCCCCCCCCCCCC/C=C/C=C/C(=C(\O)C(=O)O)[N+](=O)[O-]. The van der Waals surface area contributed by atoms with Gasteiger partial charge >= 0.3 is 11.7 Å². The minimum Gasteiger partial charge on any atom is -0.497 e. The number of carbonyl (C=O) groups is 1. The van der Waals surface area contributed by atoms with Gasteiger partial charge in [0, 0.05) is 6.08 Å². The summed E-state index contributed by atoms with van der Waals surface area (Å²) in [6.45, 7) is 2.23. The monoisotopic (exact) mass is 367 g/mol. The fraction of sp³-hybridized carbons (Fsp3) is 0.650. The van der Waals surface area contributed by atoms with E-state index in [0.29, 0.717) is 0 Å². The van der Waals surface area contributed by atoms with Crippen LogP contribution in [-0.2, 0) is 4.79 Å². The van der Waals surface area contributed by atoms with Crippen molar-refractivity contribution in [2.45, 2.75) is 84.0 Å². The van der Waals surface area contributed by atoms with Crippen LogP contribution < -0.4 is 0 Å². The molecule has 0 rings (SSSR count). The third-order valence-corrected chi connectivity index (χ3v) is 4.12. The highest BCUT2D eigenvalue weighted by atomic mass is 16.6. The highest BCUT2D eigenvalue weighted by Gasteiger charge is 2.20. The van der Waals surface area contributed by atoms with Gasteiger partial charge in [0.05, 0.1) is 4.92 Å². The summed E-state index contributed by atoms with van der Waals surface area (Å²) < 4.78 is 0. The Morgan fingerprint density at radius 1 is 0.885 bits per heavy atom. The Kier molecular flexibility index (Phi) is 15.0. The summed E-state index contributed by atoms with van der Waals surface area (Å²) in [5, 5.41) is 28.4. The van der Waals surface area contributed by atoms with E-state index < -0.39 is 22.3 Å². The third-order valence-electron chi connectivity index (χ3n) is 4.12. The predicted molar refractivity (Wildman–Crippen MR) is 104 cm³/mol. The molecule has 2 N–H and O–H groups in total. The van der Waals surface area contributed by atoms with Crippen LogP contribution in [0.2, 0.25) is 0 Å². The Balaban J connectivity index is 3.74. The van der Waals surface area contributed by atoms with Gasteiger partial charge in [-0.25, -0.2) is 4.79 Å². The molecule has 0 aromatic carbocycles. The number of aliphatic hydroxyl groups excluding tert-OH is 1. The molecule has 6 heteroatoms. The fourth-order valence-corrected chi connectivity index (χ4v) is 2.58. The second-order valence-electron chi connectivity index (χ2n) is 6.41. The van der Waals surface area contributed by atoms with Crippen LogP contribution in [0.25, 0.3) is 0 Å². The van der Waals surface area contributed by atoms with Gasteiger partial charge in [0.15, 0.2) is 0 Å². The van der Waals surface area contributed by atoms with Gasteiger partial charge in [0.25, 0.3) is 5.76 Å². The minimum atomic E-state index is -1.72. The van der Waals surface area contributed by atoms with E-state index in [1.807, 2.05) is 6.08 Å². The van der Waals surface area contributed by atoms with Crippen molar-refractivity contribution < 1.29 is 19.9 Å². The van der Waals surface area contributed by atoms with E-state index in [2.05, 4.69) is 6.92 Å². The summed E-state index contributed by atoms with van der Waals surface area (Å²) >= 11 is 0. The van der Waals surface area contributed by atoms with E-state index in [1.54, 1.807) is 6.08 Å². The number of hydrogen-bond donors (Lipinski definition) is 2. The smallest absolute Gasteiger partial charge is 0.378 e. The zero-order valence-electron chi connectivity index (χ0n) is 15.9.